The Labute approximate surface area is 114 Å². The molecule has 0 aromatic carbocycles. The Morgan fingerprint density at radius 1 is 1.32 bits per heavy atom. The molecule has 1 aromatic heterocycles. The van der Waals surface area contributed by atoms with Crippen molar-refractivity contribution >= 4 is 15.7 Å². The summed E-state index contributed by atoms with van der Waals surface area (Å²) in [4.78, 5) is 13.7. The van der Waals surface area contributed by atoms with Gasteiger partial charge in [-0.2, -0.15) is 0 Å². The minimum atomic E-state index is -2.98. The molecule has 0 spiro atoms. The zero-order chi connectivity index (χ0) is 13.9. The van der Waals surface area contributed by atoms with Crippen molar-refractivity contribution in [2.75, 3.05) is 18.8 Å². The third-order valence-electron chi connectivity index (χ3n) is 3.56. The van der Waals surface area contributed by atoms with Crippen LogP contribution in [-0.4, -0.2) is 47.9 Å². The molecule has 106 valence electrons. The molecule has 1 saturated heterocycles. The molecule has 0 unspecified atom stereocenters. The molecule has 1 aliphatic heterocycles. The summed E-state index contributed by atoms with van der Waals surface area (Å²) >= 11 is 0. The van der Waals surface area contributed by atoms with Crippen LogP contribution in [0.25, 0.3) is 0 Å². The Hall–Kier alpha value is -1.30. The summed E-state index contributed by atoms with van der Waals surface area (Å²) < 4.78 is 25.2. The molecule has 2 heterocycles. The number of hydrogen-bond acceptors (Lipinski definition) is 3. The molecule has 19 heavy (non-hydrogen) atoms. The van der Waals surface area contributed by atoms with Crippen molar-refractivity contribution < 1.29 is 13.2 Å². The van der Waals surface area contributed by atoms with Crippen LogP contribution in [0.5, 0.6) is 0 Å². The van der Waals surface area contributed by atoms with E-state index in [1.807, 2.05) is 29.1 Å². The van der Waals surface area contributed by atoms with Crippen molar-refractivity contribution in [3.05, 3.63) is 24.5 Å². The van der Waals surface area contributed by atoms with Gasteiger partial charge in [0.05, 0.1) is 11.0 Å². The fourth-order valence-electron chi connectivity index (χ4n) is 2.27. The van der Waals surface area contributed by atoms with Gasteiger partial charge in [0.2, 0.25) is 5.91 Å². The average molecular weight is 284 g/mol. The predicted molar refractivity (Wildman–Crippen MR) is 73.5 cm³/mol. The lowest BCUT2D eigenvalue weighted by molar-refractivity contribution is -0.131. The number of aromatic nitrogens is 1. The fraction of sp³-hybridized carbons (Fsp3) is 0.615. The van der Waals surface area contributed by atoms with Crippen LogP contribution in [0.15, 0.2) is 24.5 Å². The molecule has 0 saturated carbocycles. The van der Waals surface area contributed by atoms with Gasteiger partial charge in [-0.3, -0.25) is 4.79 Å². The monoisotopic (exact) mass is 284 g/mol. The van der Waals surface area contributed by atoms with Gasteiger partial charge in [0.25, 0.3) is 0 Å². The molecule has 5 nitrogen and oxygen atoms in total. The number of sulfone groups is 1. The molecule has 0 aliphatic carbocycles. The van der Waals surface area contributed by atoms with Gasteiger partial charge in [-0.1, -0.05) is 0 Å². The van der Waals surface area contributed by atoms with Gasteiger partial charge >= 0.3 is 0 Å². The largest absolute Gasteiger partial charge is 0.354 e. The SMILES string of the molecule is C[C@H]1CN(C(=O)CCCn2cccc2)CCS1(=O)=O. The van der Waals surface area contributed by atoms with Crippen molar-refractivity contribution in [1.29, 1.82) is 0 Å². The van der Waals surface area contributed by atoms with Crippen LogP contribution in [0.2, 0.25) is 0 Å². The second-order valence-electron chi connectivity index (χ2n) is 5.04. The average Bonchev–Trinajstić information content (AvgIpc) is 2.85. The van der Waals surface area contributed by atoms with E-state index in [1.54, 1.807) is 11.8 Å². The first-order chi connectivity index (χ1) is 8.99. The molecule has 1 aliphatic rings. The molecule has 1 atom stereocenters. The van der Waals surface area contributed by atoms with E-state index in [4.69, 9.17) is 0 Å². The van der Waals surface area contributed by atoms with Gasteiger partial charge < -0.3 is 9.47 Å². The maximum Gasteiger partial charge on any atom is 0.222 e. The molecular formula is C13H20N2O3S. The molecule has 0 radical (unpaired) electrons. The first-order valence-electron chi connectivity index (χ1n) is 6.59. The molecule has 0 bridgehead atoms. The summed E-state index contributed by atoms with van der Waals surface area (Å²) in [6.07, 6.45) is 5.20. The summed E-state index contributed by atoms with van der Waals surface area (Å²) in [5.74, 6) is 0.159. The van der Waals surface area contributed by atoms with E-state index in [2.05, 4.69) is 0 Å². The van der Waals surface area contributed by atoms with Crippen LogP contribution in [-0.2, 0) is 21.2 Å². The van der Waals surface area contributed by atoms with Crippen molar-refractivity contribution in [3.8, 4) is 0 Å². The van der Waals surface area contributed by atoms with Crippen molar-refractivity contribution in [2.45, 2.75) is 31.6 Å². The lowest BCUT2D eigenvalue weighted by atomic mass is 10.2. The number of hydrogen-bond donors (Lipinski definition) is 0. The Morgan fingerprint density at radius 3 is 2.63 bits per heavy atom. The molecule has 1 aromatic rings. The highest BCUT2D eigenvalue weighted by Gasteiger charge is 2.31. The van der Waals surface area contributed by atoms with Crippen molar-refractivity contribution in [2.24, 2.45) is 0 Å². The van der Waals surface area contributed by atoms with E-state index in [0.29, 0.717) is 19.5 Å². The van der Waals surface area contributed by atoms with Crippen LogP contribution >= 0.6 is 0 Å². The standard InChI is InChI=1S/C13H20N2O3S/c1-12-11-15(9-10-19(12,17)18)13(16)5-4-8-14-6-2-3-7-14/h2-3,6-7,12H,4-5,8-11H2,1H3/t12-/m0/s1. The number of carbonyl (C=O) groups excluding carboxylic acids is 1. The van der Waals surface area contributed by atoms with Crippen LogP contribution < -0.4 is 0 Å². The van der Waals surface area contributed by atoms with Crippen LogP contribution in [0, 0.1) is 0 Å². The summed E-state index contributed by atoms with van der Waals surface area (Å²) in [6.45, 7) is 3.18. The van der Waals surface area contributed by atoms with Crippen LogP contribution in [0.3, 0.4) is 0 Å². The zero-order valence-corrected chi connectivity index (χ0v) is 12.0. The van der Waals surface area contributed by atoms with Gasteiger partial charge in [0.1, 0.15) is 0 Å². The zero-order valence-electron chi connectivity index (χ0n) is 11.2. The van der Waals surface area contributed by atoms with Gasteiger partial charge in [-0.15, -0.1) is 0 Å². The van der Waals surface area contributed by atoms with E-state index in [1.165, 1.54) is 0 Å². The number of carbonyl (C=O) groups is 1. The first kappa shape index (κ1) is 14.1. The summed E-state index contributed by atoms with van der Waals surface area (Å²) in [6, 6.07) is 3.91. The van der Waals surface area contributed by atoms with E-state index in [9.17, 15) is 13.2 Å². The van der Waals surface area contributed by atoms with Crippen LogP contribution in [0.4, 0.5) is 0 Å². The Bertz CT molecular complexity index is 522. The molecule has 1 fully saturated rings. The quantitative estimate of drug-likeness (QED) is 0.826. The summed E-state index contributed by atoms with van der Waals surface area (Å²) in [7, 11) is -2.98. The van der Waals surface area contributed by atoms with E-state index in [-0.39, 0.29) is 11.7 Å². The highest BCUT2D eigenvalue weighted by Crippen LogP contribution is 2.13. The Morgan fingerprint density at radius 2 is 2.00 bits per heavy atom. The van der Waals surface area contributed by atoms with E-state index in [0.717, 1.165) is 13.0 Å². The summed E-state index contributed by atoms with van der Waals surface area (Å²) in [5, 5.41) is -0.436. The van der Waals surface area contributed by atoms with Gasteiger partial charge in [0, 0.05) is 38.4 Å². The fourth-order valence-corrected chi connectivity index (χ4v) is 3.55. The second-order valence-corrected chi connectivity index (χ2v) is 7.58. The maximum absolute atomic E-state index is 12.0. The second kappa shape index (κ2) is 5.77. The number of rotatable bonds is 4. The highest BCUT2D eigenvalue weighted by molar-refractivity contribution is 7.92. The number of aryl methyl sites for hydroxylation is 1. The third-order valence-corrected chi connectivity index (χ3v) is 5.69. The number of amides is 1. The van der Waals surface area contributed by atoms with Crippen LogP contribution in [0.1, 0.15) is 19.8 Å². The maximum atomic E-state index is 12.0. The Kier molecular flexibility index (Phi) is 4.29. The lowest BCUT2D eigenvalue weighted by Crippen LogP contribution is -2.48. The molecule has 2 rings (SSSR count). The predicted octanol–water partition coefficient (Wildman–Crippen LogP) is 0.914. The minimum Gasteiger partial charge on any atom is -0.354 e. The van der Waals surface area contributed by atoms with E-state index >= 15 is 0 Å². The topological polar surface area (TPSA) is 59.4 Å². The normalized spacial score (nSPS) is 22.4. The van der Waals surface area contributed by atoms with Crippen molar-refractivity contribution in [3.63, 3.8) is 0 Å². The molecular weight excluding hydrogens is 264 g/mol. The Balaban J connectivity index is 1.78. The molecule has 1 amide bonds. The van der Waals surface area contributed by atoms with Gasteiger partial charge in [-0.05, 0) is 25.5 Å². The minimum absolute atomic E-state index is 0.0638. The first-order valence-corrected chi connectivity index (χ1v) is 8.31. The van der Waals surface area contributed by atoms with Gasteiger partial charge in [0.15, 0.2) is 9.84 Å². The number of nitrogens with zero attached hydrogens (tertiary/aromatic N) is 2. The third kappa shape index (κ3) is 3.59. The van der Waals surface area contributed by atoms with Gasteiger partial charge in [-0.25, -0.2) is 8.42 Å². The highest BCUT2D eigenvalue weighted by atomic mass is 32.2. The van der Waals surface area contributed by atoms with E-state index < -0.39 is 15.1 Å². The summed E-state index contributed by atoms with van der Waals surface area (Å²) in [5.41, 5.74) is 0. The smallest absolute Gasteiger partial charge is 0.222 e. The molecule has 0 N–H and O–H groups in total. The molecule has 6 heteroatoms. The lowest BCUT2D eigenvalue weighted by Gasteiger charge is -2.31. The van der Waals surface area contributed by atoms with Crippen molar-refractivity contribution in [1.82, 2.24) is 9.47 Å².